The van der Waals surface area contributed by atoms with E-state index in [2.05, 4.69) is 194 Å². The van der Waals surface area contributed by atoms with Crippen molar-refractivity contribution in [3.8, 4) is 39.6 Å². The monoisotopic (exact) mass is 693 g/mol. The first-order valence-corrected chi connectivity index (χ1v) is 20.4. The molecule has 0 N–H and O–H groups in total. The largest absolute Gasteiger partial charge is 0.278 e. The molecular formula is C49H35N3Si. The van der Waals surface area contributed by atoms with Crippen molar-refractivity contribution in [1.82, 2.24) is 14.5 Å². The lowest BCUT2D eigenvalue weighted by Crippen LogP contribution is -2.73. The molecule has 0 saturated carbocycles. The summed E-state index contributed by atoms with van der Waals surface area (Å²) in [4.78, 5) is 11.5. The number of nitrogens with zero attached hydrogens (tertiary/aromatic N) is 3. The summed E-state index contributed by atoms with van der Waals surface area (Å²) in [6, 6.07) is 64.5. The number of benzene rings is 7. The Bertz CT molecular complexity index is 2870. The van der Waals surface area contributed by atoms with Crippen molar-refractivity contribution < 1.29 is 0 Å². The van der Waals surface area contributed by atoms with E-state index in [1.807, 2.05) is 0 Å². The molecule has 0 amide bonds. The number of fused-ring (bicyclic) bond motifs is 9. The molecule has 3 heterocycles. The molecule has 53 heavy (non-hydrogen) atoms. The first-order chi connectivity index (χ1) is 26.1. The fourth-order valence-electron chi connectivity index (χ4n) is 9.58. The first-order valence-electron chi connectivity index (χ1n) is 18.4. The van der Waals surface area contributed by atoms with Gasteiger partial charge in [-0.1, -0.05) is 172 Å². The van der Waals surface area contributed by atoms with Crippen molar-refractivity contribution in [2.45, 2.75) is 19.3 Å². The van der Waals surface area contributed by atoms with Crippen LogP contribution in [0.4, 0.5) is 0 Å². The Balaban J connectivity index is 1.29. The molecule has 0 atom stereocenters. The van der Waals surface area contributed by atoms with Crippen LogP contribution in [0.2, 0.25) is 0 Å². The minimum Gasteiger partial charge on any atom is -0.278 e. The van der Waals surface area contributed by atoms with Crippen LogP contribution in [0, 0.1) is 0 Å². The second kappa shape index (κ2) is 11.1. The van der Waals surface area contributed by atoms with Gasteiger partial charge in [0.15, 0.2) is 8.07 Å². The van der Waals surface area contributed by atoms with Crippen molar-refractivity contribution >= 4 is 50.6 Å². The third kappa shape index (κ3) is 4.04. The summed E-state index contributed by atoms with van der Waals surface area (Å²) < 4.78 is 2.32. The third-order valence-electron chi connectivity index (χ3n) is 11.9. The minimum atomic E-state index is -2.87. The standard InChI is InChI=1S/C49H35N3Si/c1-49(2)40-27-15-12-24-35(40)38-31-43-39(30-41(38)49)36-25-13-16-28-42(36)52(43)48-50-45(32-18-6-3-7-19-32)47-46(51-48)37-26-14-17-29-44(37)53(47,33-20-8-4-9-21-33)34-22-10-5-11-23-34/h3-31H,1-2H3. The first kappa shape index (κ1) is 30.3. The number of para-hydroxylation sites is 1. The van der Waals surface area contributed by atoms with Crippen LogP contribution in [0.25, 0.3) is 61.4 Å². The highest BCUT2D eigenvalue weighted by Gasteiger charge is 2.51. The summed E-state index contributed by atoms with van der Waals surface area (Å²) >= 11 is 0. The highest BCUT2D eigenvalue weighted by Crippen LogP contribution is 2.51. The van der Waals surface area contributed by atoms with E-state index in [9.17, 15) is 0 Å². The van der Waals surface area contributed by atoms with Crippen LogP contribution in [-0.4, -0.2) is 22.6 Å². The second-order valence-electron chi connectivity index (χ2n) is 14.9. The SMILES string of the molecule is CC1(C)c2ccccc2-c2cc3c(cc21)c1ccccc1n3-c1nc(-c2ccccc2)c2c(n1)-c1ccccc1[Si]2(c1ccccc1)c1ccccc1. The molecule has 2 aromatic heterocycles. The number of hydrogen-bond acceptors (Lipinski definition) is 2. The molecular weight excluding hydrogens is 659 g/mol. The van der Waals surface area contributed by atoms with E-state index in [1.165, 1.54) is 59.3 Å². The highest BCUT2D eigenvalue weighted by atomic mass is 28.3. The molecule has 0 unspecified atom stereocenters. The van der Waals surface area contributed by atoms with Crippen LogP contribution in [0.3, 0.4) is 0 Å². The molecule has 250 valence electrons. The summed E-state index contributed by atoms with van der Waals surface area (Å²) in [7, 11) is -2.87. The van der Waals surface area contributed by atoms with E-state index in [0.29, 0.717) is 5.95 Å². The van der Waals surface area contributed by atoms with E-state index in [0.717, 1.165) is 28.0 Å². The van der Waals surface area contributed by atoms with Gasteiger partial charge in [0.1, 0.15) is 0 Å². The molecule has 1 aliphatic carbocycles. The molecule has 0 saturated heterocycles. The number of hydrogen-bond donors (Lipinski definition) is 0. The van der Waals surface area contributed by atoms with Crippen LogP contribution in [0.1, 0.15) is 25.0 Å². The maximum Gasteiger partial charge on any atom is 0.235 e. The van der Waals surface area contributed by atoms with Gasteiger partial charge in [0.25, 0.3) is 0 Å². The van der Waals surface area contributed by atoms with Crippen LogP contribution in [0.15, 0.2) is 176 Å². The number of aromatic nitrogens is 3. The summed E-state index contributed by atoms with van der Waals surface area (Å²) in [5.41, 5.74) is 11.8. The fourth-order valence-corrected chi connectivity index (χ4v) is 14.8. The molecule has 4 heteroatoms. The summed E-state index contributed by atoms with van der Waals surface area (Å²) in [6.45, 7) is 4.71. The normalized spacial score (nSPS) is 14.5. The zero-order valence-corrected chi connectivity index (χ0v) is 30.6. The van der Waals surface area contributed by atoms with E-state index in [4.69, 9.17) is 9.97 Å². The van der Waals surface area contributed by atoms with Crippen molar-refractivity contribution in [3.63, 3.8) is 0 Å². The maximum atomic E-state index is 5.74. The molecule has 0 bridgehead atoms. The molecule has 0 fully saturated rings. The topological polar surface area (TPSA) is 30.7 Å². The summed E-state index contributed by atoms with van der Waals surface area (Å²) in [6.07, 6.45) is 0. The van der Waals surface area contributed by atoms with E-state index < -0.39 is 8.07 Å². The van der Waals surface area contributed by atoms with Crippen molar-refractivity contribution in [1.29, 1.82) is 0 Å². The van der Waals surface area contributed by atoms with Gasteiger partial charge in [-0.2, -0.15) is 0 Å². The Labute approximate surface area is 309 Å². The Kier molecular flexibility index (Phi) is 6.32. The average molecular weight is 694 g/mol. The highest BCUT2D eigenvalue weighted by molar-refractivity contribution is 7.22. The zero-order valence-electron chi connectivity index (χ0n) is 29.6. The molecule has 1 aliphatic heterocycles. The van der Waals surface area contributed by atoms with Gasteiger partial charge in [0.2, 0.25) is 5.95 Å². The summed E-state index contributed by atoms with van der Waals surface area (Å²) in [5.74, 6) is 0.694. The molecule has 2 aliphatic rings. The maximum absolute atomic E-state index is 5.74. The summed E-state index contributed by atoms with van der Waals surface area (Å²) in [5, 5.41) is 7.71. The number of rotatable bonds is 4. The van der Waals surface area contributed by atoms with E-state index >= 15 is 0 Å². The van der Waals surface area contributed by atoms with Gasteiger partial charge in [-0.15, -0.1) is 0 Å². The zero-order chi connectivity index (χ0) is 35.3. The van der Waals surface area contributed by atoms with Gasteiger partial charge >= 0.3 is 0 Å². The van der Waals surface area contributed by atoms with Gasteiger partial charge in [0.05, 0.1) is 22.4 Å². The molecule has 9 aromatic rings. The van der Waals surface area contributed by atoms with Gasteiger partial charge in [0, 0.05) is 32.5 Å². The van der Waals surface area contributed by atoms with Crippen LogP contribution in [-0.2, 0) is 5.41 Å². The van der Waals surface area contributed by atoms with Gasteiger partial charge in [-0.25, -0.2) is 9.97 Å². The lowest BCUT2D eigenvalue weighted by atomic mass is 9.82. The van der Waals surface area contributed by atoms with Gasteiger partial charge < -0.3 is 0 Å². The van der Waals surface area contributed by atoms with Crippen LogP contribution in [0.5, 0.6) is 0 Å². The van der Waals surface area contributed by atoms with Crippen molar-refractivity contribution in [2.75, 3.05) is 0 Å². The molecule has 11 rings (SSSR count). The van der Waals surface area contributed by atoms with Crippen molar-refractivity contribution in [2.24, 2.45) is 0 Å². The lowest BCUT2D eigenvalue weighted by Gasteiger charge is -2.32. The average Bonchev–Trinajstić information content (AvgIpc) is 3.79. The predicted octanol–water partition coefficient (Wildman–Crippen LogP) is 8.90. The van der Waals surface area contributed by atoms with Gasteiger partial charge in [-0.05, 0) is 56.0 Å². The Morgan fingerprint density at radius 2 is 1.06 bits per heavy atom. The Hall–Kier alpha value is -6.36. The second-order valence-corrected chi connectivity index (χ2v) is 18.6. The quantitative estimate of drug-likeness (QED) is 0.173. The molecule has 3 nitrogen and oxygen atoms in total. The van der Waals surface area contributed by atoms with Crippen LogP contribution >= 0.6 is 0 Å². The molecule has 0 spiro atoms. The third-order valence-corrected chi connectivity index (χ3v) is 16.8. The van der Waals surface area contributed by atoms with E-state index in [1.54, 1.807) is 0 Å². The molecule has 0 radical (unpaired) electrons. The Morgan fingerprint density at radius 1 is 0.472 bits per heavy atom. The van der Waals surface area contributed by atoms with Crippen LogP contribution < -0.4 is 20.7 Å². The minimum absolute atomic E-state index is 0.0968. The fraction of sp³-hybridized carbons (Fsp3) is 0.0612. The van der Waals surface area contributed by atoms with Crippen molar-refractivity contribution in [3.05, 3.63) is 187 Å². The predicted molar refractivity (Wildman–Crippen MR) is 222 cm³/mol. The smallest absolute Gasteiger partial charge is 0.235 e. The lowest BCUT2D eigenvalue weighted by molar-refractivity contribution is 0.661. The van der Waals surface area contributed by atoms with E-state index in [-0.39, 0.29) is 5.41 Å². The Morgan fingerprint density at radius 3 is 1.79 bits per heavy atom. The molecule has 7 aromatic carbocycles. The van der Waals surface area contributed by atoms with Gasteiger partial charge in [-0.3, -0.25) is 4.57 Å².